The molecule has 0 aromatic rings. The summed E-state index contributed by atoms with van der Waals surface area (Å²) in [4.78, 5) is 0. The quantitative estimate of drug-likeness (QED) is 0.620. The van der Waals surface area contributed by atoms with Crippen LogP contribution in [0.3, 0.4) is 0 Å². The van der Waals surface area contributed by atoms with Crippen LogP contribution in [0.1, 0.15) is 39.0 Å². The first-order valence-corrected chi connectivity index (χ1v) is 6.26. The third-order valence-electron chi connectivity index (χ3n) is 2.41. The molecule has 2 heteroatoms. The van der Waals surface area contributed by atoms with E-state index in [9.17, 15) is 5.11 Å². The van der Waals surface area contributed by atoms with Gasteiger partial charge in [-0.1, -0.05) is 13.3 Å². The minimum Gasteiger partial charge on any atom is -0.393 e. The van der Waals surface area contributed by atoms with Gasteiger partial charge in [0.05, 0.1) is 6.10 Å². The molecule has 0 aliphatic heterocycles. The Bertz CT molecular complexity index is 112. The van der Waals surface area contributed by atoms with Gasteiger partial charge in [0.15, 0.2) is 0 Å². The van der Waals surface area contributed by atoms with Gasteiger partial charge in [-0.2, -0.15) is 11.8 Å². The van der Waals surface area contributed by atoms with E-state index in [4.69, 9.17) is 0 Å². The van der Waals surface area contributed by atoms with Crippen molar-refractivity contribution < 1.29 is 5.11 Å². The van der Waals surface area contributed by atoms with Gasteiger partial charge in [0, 0.05) is 0 Å². The van der Waals surface area contributed by atoms with Gasteiger partial charge in [0.1, 0.15) is 0 Å². The average Bonchev–Trinajstić information content (AvgIpc) is 2.86. The van der Waals surface area contributed by atoms with Gasteiger partial charge in [0.25, 0.3) is 0 Å². The molecule has 0 amide bonds. The van der Waals surface area contributed by atoms with E-state index in [-0.39, 0.29) is 6.10 Å². The second-order valence-corrected chi connectivity index (χ2v) is 4.99. The summed E-state index contributed by atoms with van der Waals surface area (Å²) in [7, 11) is 0. The van der Waals surface area contributed by atoms with Crippen molar-refractivity contribution in [2.24, 2.45) is 5.92 Å². The van der Waals surface area contributed by atoms with E-state index in [0.717, 1.165) is 6.42 Å². The van der Waals surface area contributed by atoms with Gasteiger partial charge < -0.3 is 5.11 Å². The molecule has 1 nitrogen and oxygen atoms in total. The summed E-state index contributed by atoms with van der Waals surface area (Å²) in [5.74, 6) is 3.17. The Kier molecular flexibility index (Phi) is 5.08. The fourth-order valence-corrected chi connectivity index (χ4v) is 2.12. The minimum atomic E-state index is 0.0247. The summed E-state index contributed by atoms with van der Waals surface area (Å²) in [6.07, 6.45) is 6.09. The van der Waals surface area contributed by atoms with Crippen LogP contribution < -0.4 is 0 Å². The third kappa shape index (κ3) is 4.36. The lowest BCUT2D eigenvalue weighted by Gasteiger charge is -2.07. The Morgan fingerprint density at radius 2 is 2.17 bits per heavy atom. The van der Waals surface area contributed by atoms with Gasteiger partial charge in [-0.15, -0.1) is 0 Å². The molecule has 0 saturated heterocycles. The van der Waals surface area contributed by atoms with Gasteiger partial charge >= 0.3 is 0 Å². The second-order valence-electron chi connectivity index (χ2n) is 3.60. The van der Waals surface area contributed by atoms with Crippen molar-refractivity contribution in [1.29, 1.82) is 0 Å². The second kappa shape index (κ2) is 5.87. The molecular formula is C10H20OS. The van der Waals surface area contributed by atoms with Crippen molar-refractivity contribution in [3.05, 3.63) is 0 Å². The first-order valence-electron chi connectivity index (χ1n) is 5.10. The number of aliphatic hydroxyl groups excluding tert-OH is 1. The van der Waals surface area contributed by atoms with E-state index in [1.165, 1.54) is 37.2 Å². The zero-order valence-corrected chi connectivity index (χ0v) is 8.78. The van der Waals surface area contributed by atoms with E-state index < -0.39 is 0 Å². The van der Waals surface area contributed by atoms with Crippen LogP contribution in [0.15, 0.2) is 0 Å². The smallest absolute Gasteiger partial charge is 0.0568 e. The standard InChI is InChI=1S/C10H20OS/c1-2-12-8-4-3-5-10(11)9-6-7-9/h9-11H,2-8H2,1H3. The van der Waals surface area contributed by atoms with Crippen molar-refractivity contribution >= 4 is 11.8 Å². The molecule has 0 aromatic carbocycles. The van der Waals surface area contributed by atoms with Crippen LogP contribution in [0.2, 0.25) is 0 Å². The monoisotopic (exact) mass is 188 g/mol. The molecule has 12 heavy (non-hydrogen) atoms. The summed E-state index contributed by atoms with van der Waals surface area (Å²) in [5.41, 5.74) is 0. The molecule has 1 rings (SSSR count). The predicted molar refractivity (Wildman–Crippen MR) is 55.6 cm³/mol. The lowest BCUT2D eigenvalue weighted by molar-refractivity contribution is 0.139. The number of aliphatic hydroxyl groups is 1. The summed E-state index contributed by atoms with van der Waals surface area (Å²) in [6, 6.07) is 0. The molecule has 0 spiro atoms. The molecule has 1 unspecified atom stereocenters. The molecule has 1 aliphatic rings. The van der Waals surface area contributed by atoms with Crippen LogP contribution in [0.5, 0.6) is 0 Å². The van der Waals surface area contributed by atoms with Gasteiger partial charge in [-0.05, 0) is 43.1 Å². The van der Waals surface area contributed by atoms with Crippen molar-refractivity contribution in [3.8, 4) is 0 Å². The molecule has 1 fully saturated rings. The molecular weight excluding hydrogens is 168 g/mol. The normalized spacial score (nSPS) is 19.5. The summed E-state index contributed by atoms with van der Waals surface area (Å²) in [6.45, 7) is 2.20. The maximum Gasteiger partial charge on any atom is 0.0568 e. The molecule has 0 heterocycles. The SMILES string of the molecule is CCSCCCCC(O)C1CC1. The van der Waals surface area contributed by atoms with Crippen LogP contribution in [0.25, 0.3) is 0 Å². The Morgan fingerprint density at radius 1 is 1.42 bits per heavy atom. The Morgan fingerprint density at radius 3 is 2.75 bits per heavy atom. The highest BCUT2D eigenvalue weighted by Gasteiger charge is 2.28. The predicted octanol–water partition coefficient (Wildman–Crippen LogP) is 2.68. The number of thioether (sulfide) groups is 1. The maximum absolute atomic E-state index is 9.54. The largest absolute Gasteiger partial charge is 0.393 e. The number of hydrogen-bond acceptors (Lipinski definition) is 2. The van der Waals surface area contributed by atoms with Crippen LogP contribution in [-0.2, 0) is 0 Å². The van der Waals surface area contributed by atoms with Crippen molar-refractivity contribution in [1.82, 2.24) is 0 Å². The fourth-order valence-electron chi connectivity index (χ4n) is 1.42. The summed E-state index contributed by atoms with van der Waals surface area (Å²) < 4.78 is 0. The van der Waals surface area contributed by atoms with Gasteiger partial charge in [-0.25, -0.2) is 0 Å². The van der Waals surface area contributed by atoms with Crippen molar-refractivity contribution in [2.45, 2.75) is 45.1 Å². The maximum atomic E-state index is 9.54. The van der Waals surface area contributed by atoms with E-state index in [0.29, 0.717) is 5.92 Å². The molecule has 1 saturated carbocycles. The first kappa shape index (κ1) is 10.4. The van der Waals surface area contributed by atoms with Gasteiger partial charge in [-0.3, -0.25) is 0 Å². The van der Waals surface area contributed by atoms with E-state index >= 15 is 0 Å². The van der Waals surface area contributed by atoms with Crippen LogP contribution >= 0.6 is 11.8 Å². The number of rotatable bonds is 7. The van der Waals surface area contributed by atoms with E-state index in [2.05, 4.69) is 6.92 Å². The molecule has 1 N–H and O–H groups in total. The first-order chi connectivity index (χ1) is 5.84. The van der Waals surface area contributed by atoms with Gasteiger partial charge in [0.2, 0.25) is 0 Å². The fraction of sp³-hybridized carbons (Fsp3) is 1.00. The molecule has 1 atom stereocenters. The summed E-state index contributed by atoms with van der Waals surface area (Å²) in [5, 5.41) is 9.54. The molecule has 1 aliphatic carbocycles. The Labute approximate surface area is 79.9 Å². The third-order valence-corrected chi connectivity index (χ3v) is 3.39. The lowest BCUT2D eigenvalue weighted by Crippen LogP contribution is -2.08. The molecule has 0 bridgehead atoms. The van der Waals surface area contributed by atoms with Crippen LogP contribution in [0.4, 0.5) is 0 Å². The summed E-state index contributed by atoms with van der Waals surface area (Å²) >= 11 is 2.00. The Balaban J connectivity index is 1.81. The Hall–Kier alpha value is 0.310. The molecule has 72 valence electrons. The topological polar surface area (TPSA) is 20.2 Å². The van der Waals surface area contributed by atoms with Crippen molar-refractivity contribution in [3.63, 3.8) is 0 Å². The van der Waals surface area contributed by atoms with E-state index in [1.54, 1.807) is 0 Å². The minimum absolute atomic E-state index is 0.0247. The number of hydrogen-bond donors (Lipinski definition) is 1. The zero-order chi connectivity index (χ0) is 8.81. The average molecular weight is 188 g/mol. The highest BCUT2D eigenvalue weighted by Crippen LogP contribution is 2.34. The number of unbranched alkanes of at least 4 members (excludes halogenated alkanes) is 1. The van der Waals surface area contributed by atoms with Crippen LogP contribution in [-0.4, -0.2) is 22.7 Å². The molecule has 0 radical (unpaired) electrons. The molecule has 0 aromatic heterocycles. The van der Waals surface area contributed by atoms with Crippen molar-refractivity contribution in [2.75, 3.05) is 11.5 Å². The van der Waals surface area contributed by atoms with E-state index in [1.807, 2.05) is 11.8 Å². The lowest BCUT2D eigenvalue weighted by atomic mass is 10.1. The zero-order valence-electron chi connectivity index (χ0n) is 7.96. The van der Waals surface area contributed by atoms with Crippen LogP contribution in [0, 0.1) is 5.92 Å². The highest BCUT2D eigenvalue weighted by atomic mass is 32.2. The highest BCUT2D eigenvalue weighted by molar-refractivity contribution is 7.99.